The second-order valence-electron chi connectivity index (χ2n) is 8.20. The van der Waals surface area contributed by atoms with E-state index in [1.165, 1.54) is 14.2 Å². The van der Waals surface area contributed by atoms with Gasteiger partial charge in [-0.05, 0) is 18.9 Å². The Morgan fingerprint density at radius 1 is 1.00 bits per heavy atom. The Balaban J connectivity index is 1.44. The van der Waals surface area contributed by atoms with Crippen LogP contribution in [0.1, 0.15) is 40.8 Å². The second-order valence-corrected chi connectivity index (χ2v) is 8.20. The number of likely N-dealkylation sites (tertiary alicyclic amines) is 1. The fourth-order valence-corrected chi connectivity index (χ4v) is 4.29. The van der Waals surface area contributed by atoms with Crippen molar-refractivity contribution >= 4 is 11.9 Å². The predicted octanol–water partition coefficient (Wildman–Crippen LogP) is 1.21. The zero-order chi connectivity index (χ0) is 22.8. The summed E-state index contributed by atoms with van der Waals surface area (Å²) in [5.41, 5.74) is 0.388. The molecule has 4 heterocycles. The number of hydrogen-bond acceptors (Lipinski definition) is 7. The Kier molecular flexibility index (Phi) is 6.15. The van der Waals surface area contributed by atoms with Crippen LogP contribution in [-0.4, -0.2) is 94.3 Å². The molecule has 32 heavy (non-hydrogen) atoms. The number of aromatic nitrogens is 4. The molecule has 11 heteroatoms. The van der Waals surface area contributed by atoms with Gasteiger partial charge in [0.1, 0.15) is 11.4 Å². The highest BCUT2D eigenvalue weighted by molar-refractivity contribution is 5.96. The van der Waals surface area contributed by atoms with Crippen molar-refractivity contribution in [1.29, 1.82) is 0 Å². The lowest BCUT2D eigenvalue weighted by Crippen LogP contribution is -2.44. The molecule has 0 bridgehead atoms. The average molecular weight is 444 g/mol. The first kappa shape index (κ1) is 21.8. The molecule has 1 saturated heterocycles. The van der Waals surface area contributed by atoms with Gasteiger partial charge in [0.2, 0.25) is 11.8 Å². The molecular weight excluding hydrogens is 414 g/mol. The van der Waals surface area contributed by atoms with Gasteiger partial charge in [-0.1, -0.05) is 0 Å². The van der Waals surface area contributed by atoms with E-state index in [0.29, 0.717) is 44.2 Å². The normalized spacial score (nSPS) is 16.5. The molecule has 0 saturated carbocycles. The number of carbonyl (C=O) groups excluding carboxylic acids is 2. The average Bonchev–Trinajstić information content (AvgIpc) is 3.26. The third kappa shape index (κ3) is 4.06. The number of methoxy groups -OCH3 is 2. The van der Waals surface area contributed by atoms with Gasteiger partial charge in [-0.25, -0.2) is 4.79 Å². The van der Waals surface area contributed by atoms with Crippen molar-refractivity contribution in [3.8, 4) is 11.8 Å². The van der Waals surface area contributed by atoms with Gasteiger partial charge >= 0.3 is 6.03 Å². The molecule has 1 fully saturated rings. The van der Waals surface area contributed by atoms with Crippen LogP contribution in [0.4, 0.5) is 4.79 Å². The summed E-state index contributed by atoms with van der Waals surface area (Å²) in [5.74, 6) is 2.44. The minimum atomic E-state index is -0.164. The van der Waals surface area contributed by atoms with Gasteiger partial charge < -0.3 is 28.7 Å². The zero-order valence-corrected chi connectivity index (χ0v) is 18.9. The molecule has 2 aliphatic heterocycles. The van der Waals surface area contributed by atoms with Crippen molar-refractivity contribution in [3.05, 3.63) is 29.3 Å². The molecule has 0 aliphatic carbocycles. The number of urea groups is 1. The van der Waals surface area contributed by atoms with Crippen LogP contribution in [0.3, 0.4) is 0 Å². The van der Waals surface area contributed by atoms with Gasteiger partial charge in [-0.3, -0.25) is 4.79 Å². The van der Waals surface area contributed by atoms with Crippen LogP contribution in [0.5, 0.6) is 11.8 Å². The predicted molar refractivity (Wildman–Crippen MR) is 115 cm³/mol. The van der Waals surface area contributed by atoms with Crippen molar-refractivity contribution in [3.63, 3.8) is 0 Å². The van der Waals surface area contributed by atoms with Gasteiger partial charge in [0.15, 0.2) is 5.82 Å². The van der Waals surface area contributed by atoms with Crippen LogP contribution in [0, 0.1) is 0 Å². The standard InChI is InChI=1S/C21H29N7O4/c1-25(2)21(30)26-9-7-14(8-10-26)18-24-23-16-13-27(11-12-28(16)18)20(29)15-5-6-17(31-3)22-19(15)32-4/h5-6,14H,7-13H2,1-4H3. The first-order valence-electron chi connectivity index (χ1n) is 10.7. The number of piperidine rings is 1. The fourth-order valence-electron chi connectivity index (χ4n) is 4.29. The summed E-state index contributed by atoms with van der Waals surface area (Å²) < 4.78 is 12.5. The molecule has 2 aromatic rings. The minimum Gasteiger partial charge on any atom is -0.481 e. The molecule has 2 aliphatic rings. The van der Waals surface area contributed by atoms with Crippen LogP contribution < -0.4 is 9.47 Å². The maximum atomic E-state index is 13.1. The van der Waals surface area contributed by atoms with Gasteiger partial charge in [0.25, 0.3) is 5.91 Å². The number of hydrogen-bond donors (Lipinski definition) is 0. The summed E-state index contributed by atoms with van der Waals surface area (Å²) in [6.07, 6.45) is 1.71. The number of amides is 3. The van der Waals surface area contributed by atoms with E-state index in [1.807, 2.05) is 4.90 Å². The molecule has 0 aromatic carbocycles. The highest BCUT2D eigenvalue weighted by Gasteiger charge is 2.32. The molecule has 172 valence electrons. The van der Waals surface area contributed by atoms with Crippen molar-refractivity contribution < 1.29 is 19.1 Å². The van der Waals surface area contributed by atoms with E-state index in [4.69, 9.17) is 9.47 Å². The smallest absolute Gasteiger partial charge is 0.319 e. The lowest BCUT2D eigenvalue weighted by atomic mass is 9.96. The molecule has 0 spiro atoms. The summed E-state index contributed by atoms with van der Waals surface area (Å²) in [7, 11) is 6.54. The molecule has 0 radical (unpaired) electrons. The summed E-state index contributed by atoms with van der Waals surface area (Å²) in [6, 6.07) is 3.36. The molecule has 11 nitrogen and oxygen atoms in total. The van der Waals surface area contributed by atoms with E-state index in [1.54, 1.807) is 36.0 Å². The quantitative estimate of drug-likeness (QED) is 0.699. The summed E-state index contributed by atoms with van der Waals surface area (Å²) >= 11 is 0. The minimum absolute atomic E-state index is 0.0457. The largest absolute Gasteiger partial charge is 0.481 e. The van der Waals surface area contributed by atoms with Crippen LogP contribution >= 0.6 is 0 Å². The van der Waals surface area contributed by atoms with E-state index in [2.05, 4.69) is 19.7 Å². The Bertz CT molecular complexity index is 998. The van der Waals surface area contributed by atoms with Crippen LogP contribution in [0.25, 0.3) is 0 Å². The lowest BCUT2D eigenvalue weighted by molar-refractivity contribution is 0.0701. The lowest BCUT2D eigenvalue weighted by Gasteiger charge is -2.34. The van der Waals surface area contributed by atoms with Crippen molar-refractivity contribution in [2.45, 2.75) is 31.8 Å². The first-order chi connectivity index (χ1) is 15.4. The molecule has 4 rings (SSSR count). The Hall–Kier alpha value is -3.37. The van der Waals surface area contributed by atoms with Crippen LogP contribution in [0.2, 0.25) is 0 Å². The number of fused-ring (bicyclic) bond motifs is 1. The Morgan fingerprint density at radius 3 is 2.41 bits per heavy atom. The highest BCUT2D eigenvalue weighted by atomic mass is 16.5. The second kappa shape index (κ2) is 9.01. The first-order valence-corrected chi connectivity index (χ1v) is 10.7. The summed E-state index contributed by atoms with van der Waals surface area (Å²) in [4.78, 5) is 34.7. The highest BCUT2D eigenvalue weighted by Crippen LogP contribution is 2.30. The van der Waals surface area contributed by atoms with Crippen LogP contribution in [0.15, 0.2) is 12.1 Å². The number of rotatable bonds is 4. The van der Waals surface area contributed by atoms with Gasteiger partial charge in [-0.15, -0.1) is 10.2 Å². The van der Waals surface area contributed by atoms with Crippen molar-refractivity contribution in [2.75, 3.05) is 47.9 Å². The SMILES string of the molecule is COc1ccc(C(=O)N2CCn3c(nnc3C3CCN(C(=O)N(C)C)CC3)C2)c(OC)n1. The van der Waals surface area contributed by atoms with Crippen LogP contribution in [-0.2, 0) is 13.1 Å². The molecule has 0 N–H and O–H groups in total. The number of ether oxygens (including phenoxy) is 2. The van der Waals surface area contributed by atoms with E-state index < -0.39 is 0 Å². The monoisotopic (exact) mass is 443 g/mol. The number of pyridine rings is 1. The summed E-state index contributed by atoms with van der Waals surface area (Å²) in [5, 5.41) is 8.83. The number of nitrogens with zero attached hydrogens (tertiary/aromatic N) is 7. The van der Waals surface area contributed by atoms with Crippen molar-refractivity contribution in [1.82, 2.24) is 34.4 Å². The van der Waals surface area contributed by atoms with E-state index in [0.717, 1.165) is 24.5 Å². The molecule has 2 aromatic heterocycles. The van der Waals surface area contributed by atoms with E-state index in [-0.39, 0.29) is 23.7 Å². The van der Waals surface area contributed by atoms with Gasteiger partial charge in [0, 0.05) is 52.3 Å². The summed E-state index contributed by atoms with van der Waals surface area (Å²) in [6.45, 7) is 2.96. The topological polar surface area (TPSA) is 106 Å². The molecule has 3 amide bonds. The van der Waals surface area contributed by atoms with E-state index in [9.17, 15) is 9.59 Å². The zero-order valence-electron chi connectivity index (χ0n) is 18.9. The molecule has 0 atom stereocenters. The maximum Gasteiger partial charge on any atom is 0.319 e. The third-order valence-corrected chi connectivity index (χ3v) is 6.05. The van der Waals surface area contributed by atoms with Gasteiger partial charge in [0.05, 0.1) is 20.8 Å². The van der Waals surface area contributed by atoms with Crippen molar-refractivity contribution in [2.24, 2.45) is 0 Å². The molecular formula is C21H29N7O4. The number of carbonyl (C=O) groups is 2. The third-order valence-electron chi connectivity index (χ3n) is 6.05. The maximum absolute atomic E-state index is 13.1. The van der Waals surface area contributed by atoms with E-state index >= 15 is 0 Å². The Labute approximate surface area is 186 Å². The fraction of sp³-hybridized carbons (Fsp3) is 0.571. The molecule has 0 unspecified atom stereocenters. The Morgan fingerprint density at radius 2 is 1.75 bits per heavy atom. The van der Waals surface area contributed by atoms with Gasteiger partial charge in [-0.2, -0.15) is 4.98 Å².